The van der Waals surface area contributed by atoms with Gasteiger partial charge in [0, 0.05) is 19.3 Å². The quantitative estimate of drug-likeness (QED) is 0.697. The predicted octanol–water partition coefficient (Wildman–Crippen LogP) is 0.424. The van der Waals surface area contributed by atoms with Crippen LogP contribution in [0.15, 0.2) is 0 Å². The molecular formula is C11H20N2O2. The van der Waals surface area contributed by atoms with E-state index in [4.69, 9.17) is 4.74 Å². The van der Waals surface area contributed by atoms with Crippen LogP contribution in [0.3, 0.4) is 0 Å². The molecule has 2 N–H and O–H groups in total. The summed E-state index contributed by atoms with van der Waals surface area (Å²) in [5, 5.41) is 6.34. The molecule has 2 aliphatic rings. The molecule has 0 aromatic rings. The smallest absolute Gasteiger partial charge is 0.237 e. The molecule has 0 spiro atoms. The number of carbonyl (C=O) groups excluding carboxylic acids is 1. The van der Waals surface area contributed by atoms with Crippen molar-refractivity contribution in [2.45, 2.75) is 44.2 Å². The van der Waals surface area contributed by atoms with E-state index >= 15 is 0 Å². The fraction of sp³-hybridized carbons (Fsp3) is 0.909. The van der Waals surface area contributed by atoms with E-state index in [1.54, 1.807) is 0 Å². The highest BCUT2D eigenvalue weighted by Gasteiger charge is 2.24. The van der Waals surface area contributed by atoms with Crippen LogP contribution in [0.1, 0.15) is 32.1 Å². The Morgan fingerprint density at radius 3 is 2.93 bits per heavy atom. The molecule has 2 heterocycles. The second kappa shape index (κ2) is 5.47. The molecule has 86 valence electrons. The first-order valence-electron chi connectivity index (χ1n) is 5.98. The topological polar surface area (TPSA) is 50.4 Å². The van der Waals surface area contributed by atoms with Crippen LogP contribution in [-0.2, 0) is 9.53 Å². The van der Waals surface area contributed by atoms with E-state index in [0.29, 0.717) is 6.04 Å². The fourth-order valence-corrected chi connectivity index (χ4v) is 2.26. The van der Waals surface area contributed by atoms with E-state index in [1.165, 1.54) is 0 Å². The zero-order valence-corrected chi connectivity index (χ0v) is 9.13. The highest BCUT2D eigenvalue weighted by molar-refractivity contribution is 5.82. The Morgan fingerprint density at radius 1 is 1.20 bits per heavy atom. The van der Waals surface area contributed by atoms with Gasteiger partial charge in [0.2, 0.25) is 5.91 Å². The number of rotatable bonds is 2. The van der Waals surface area contributed by atoms with Crippen LogP contribution in [0.2, 0.25) is 0 Å². The average molecular weight is 212 g/mol. The van der Waals surface area contributed by atoms with Gasteiger partial charge in [-0.05, 0) is 38.6 Å². The molecule has 2 unspecified atom stereocenters. The van der Waals surface area contributed by atoms with Crippen molar-refractivity contribution in [3.05, 3.63) is 0 Å². The lowest BCUT2D eigenvalue weighted by Gasteiger charge is -2.18. The van der Waals surface area contributed by atoms with Crippen LogP contribution in [0.4, 0.5) is 0 Å². The second-order valence-corrected chi connectivity index (χ2v) is 4.40. The molecule has 2 saturated heterocycles. The van der Waals surface area contributed by atoms with E-state index in [0.717, 1.165) is 51.9 Å². The Morgan fingerprint density at radius 2 is 2.13 bits per heavy atom. The van der Waals surface area contributed by atoms with Crippen molar-refractivity contribution in [2.24, 2.45) is 0 Å². The molecule has 2 fully saturated rings. The number of hydrogen-bond acceptors (Lipinski definition) is 3. The van der Waals surface area contributed by atoms with Crippen molar-refractivity contribution in [2.75, 3.05) is 19.8 Å². The third-order valence-corrected chi connectivity index (χ3v) is 3.18. The monoisotopic (exact) mass is 212 g/mol. The van der Waals surface area contributed by atoms with Crippen molar-refractivity contribution in [3.8, 4) is 0 Å². The Bertz CT molecular complexity index is 207. The first-order valence-corrected chi connectivity index (χ1v) is 5.98. The van der Waals surface area contributed by atoms with E-state index in [1.807, 2.05) is 0 Å². The van der Waals surface area contributed by atoms with Gasteiger partial charge in [-0.25, -0.2) is 0 Å². The van der Waals surface area contributed by atoms with Gasteiger partial charge in [-0.1, -0.05) is 0 Å². The van der Waals surface area contributed by atoms with Gasteiger partial charge in [-0.3, -0.25) is 4.79 Å². The first-order chi connectivity index (χ1) is 7.36. The van der Waals surface area contributed by atoms with Gasteiger partial charge in [-0.15, -0.1) is 0 Å². The maximum absolute atomic E-state index is 11.8. The summed E-state index contributed by atoms with van der Waals surface area (Å²) >= 11 is 0. The van der Waals surface area contributed by atoms with Crippen LogP contribution in [0.5, 0.6) is 0 Å². The Kier molecular flexibility index (Phi) is 3.97. The molecule has 1 amide bonds. The minimum absolute atomic E-state index is 0.0502. The lowest BCUT2D eigenvalue weighted by molar-refractivity contribution is -0.123. The van der Waals surface area contributed by atoms with Crippen LogP contribution in [0, 0.1) is 0 Å². The fourth-order valence-electron chi connectivity index (χ4n) is 2.26. The van der Waals surface area contributed by atoms with Gasteiger partial charge in [-0.2, -0.15) is 0 Å². The third kappa shape index (κ3) is 3.18. The highest BCUT2D eigenvalue weighted by Crippen LogP contribution is 2.10. The van der Waals surface area contributed by atoms with Crippen molar-refractivity contribution in [3.63, 3.8) is 0 Å². The number of hydrogen-bond donors (Lipinski definition) is 2. The van der Waals surface area contributed by atoms with E-state index in [-0.39, 0.29) is 11.9 Å². The molecule has 2 rings (SSSR count). The molecule has 2 aliphatic heterocycles. The average Bonchev–Trinajstić information content (AvgIpc) is 2.65. The summed E-state index contributed by atoms with van der Waals surface area (Å²) in [5.41, 5.74) is 0. The van der Waals surface area contributed by atoms with Crippen molar-refractivity contribution >= 4 is 5.91 Å². The summed E-state index contributed by atoms with van der Waals surface area (Å²) in [5.74, 6) is 0.180. The summed E-state index contributed by atoms with van der Waals surface area (Å²) in [7, 11) is 0. The summed E-state index contributed by atoms with van der Waals surface area (Å²) in [6.07, 6.45) is 5.17. The van der Waals surface area contributed by atoms with Gasteiger partial charge in [0.25, 0.3) is 0 Å². The zero-order chi connectivity index (χ0) is 10.5. The third-order valence-electron chi connectivity index (χ3n) is 3.18. The standard InChI is InChI=1S/C11H20N2O2/c14-11(10-4-1-6-12-10)13-9-3-2-7-15-8-5-9/h9-10,12H,1-8H2,(H,13,14). The Hall–Kier alpha value is -0.610. The molecule has 0 aliphatic carbocycles. The van der Waals surface area contributed by atoms with Crippen molar-refractivity contribution in [1.82, 2.24) is 10.6 Å². The molecule has 2 atom stereocenters. The normalized spacial score (nSPS) is 32.3. The van der Waals surface area contributed by atoms with E-state index in [9.17, 15) is 4.79 Å². The molecule has 0 bridgehead atoms. The number of amides is 1. The first kappa shape index (κ1) is 10.9. The maximum atomic E-state index is 11.8. The minimum atomic E-state index is 0.0502. The molecule has 4 heteroatoms. The molecule has 4 nitrogen and oxygen atoms in total. The van der Waals surface area contributed by atoms with E-state index in [2.05, 4.69) is 10.6 Å². The highest BCUT2D eigenvalue weighted by atomic mass is 16.5. The van der Waals surface area contributed by atoms with Crippen molar-refractivity contribution < 1.29 is 9.53 Å². The lowest BCUT2D eigenvalue weighted by Crippen LogP contribution is -2.45. The molecule has 0 aromatic heterocycles. The summed E-state index contributed by atoms with van der Waals surface area (Å²) in [4.78, 5) is 11.8. The number of carbonyl (C=O) groups is 1. The summed E-state index contributed by atoms with van der Waals surface area (Å²) in [6.45, 7) is 2.60. The Balaban J connectivity index is 1.76. The van der Waals surface area contributed by atoms with Crippen molar-refractivity contribution in [1.29, 1.82) is 0 Å². The molecular weight excluding hydrogens is 192 g/mol. The maximum Gasteiger partial charge on any atom is 0.237 e. The number of ether oxygens (including phenoxy) is 1. The Labute approximate surface area is 90.8 Å². The molecule has 0 radical (unpaired) electrons. The lowest BCUT2D eigenvalue weighted by atomic mass is 10.1. The van der Waals surface area contributed by atoms with Gasteiger partial charge in [0.15, 0.2) is 0 Å². The van der Waals surface area contributed by atoms with Crippen LogP contribution >= 0.6 is 0 Å². The van der Waals surface area contributed by atoms with Crippen LogP contribution in [-0.4, -0.2) is 37.7 Å². The summed E-state index contributed by atoms with van der Waals surface area (Å²) in [6, 6.07) is 0.372. The molecule has 15 heavy (non-hydrogen) atoms. The summed E-state index contributed by atoms with van der Waals surface area (Å²) < 4.78 is 5.36. The minimum Gasteiger partial charge on any atom is -0.381 e. The van der Waals surface area contributed by atoms with E-state index < -0.39 is 0 Å². The van der Waals surface area contributed by atoms with Crippen LogP contribution in [0.25, 0.3) is 0 Å². The van der Waals surface area contributed by atoms with Gasteiger partial charge < -0.3 is 15.4 Å². The van der Waals surface area contributed by atoms with Gasteiger partial charge >= 0.3 is 0 Å². The predicted molar refractivity (Wildman–Crippen MR) is 57.6 cm³/mol. The molecule has 0 aromatic carbocycles. The van der Waals surface area contributed by atoms with Crippen LogP contribution < -0.4 is 10.6 Å². The zero-order valence-electron chi connectivity index (χ0n) is 9.13. The SMILES string of the molecule is O=C(NC1CCCOCC1)C1CCCN1. The van der Waals surface area contributed by atoms with Gasteiger partial charge in [0.1, 0.15) is 0 Å². The number of nitrogens with one attached hydrogen (secondary N) is 2. The van der Waals surface area contributed by atoms with Gasteiger partial charge in [0.05, 0.1) is 6.04 Å². The second-order valence-electron chi connectivity index (χ2n) is 4.40. The largest absolute Gasteiger partial charge is 0.381 e. The molecule has 0 saturated carbocycles.